The van der Waals surface area contributed by atoms with Gasteiger partial charge in [-0.2, -0.15) is 5.26 Å². The lowest BCUT2D eigenvalue weighted by Gasteiger charge is -2.59. The molecule has 2 unspecified atom stereocenters. The molecule has 5 rings (SSSR count). The van der Waals surface area contributed by atoms with Crippen LogP contribution in [0.15, 0.2) is 24.3 Å². The average Bonchev–Trinajstić information content (AvgIpc) is 2.62. The lowest BCUT2D eigenvalue weighted by Crippen LogP contribution is -2.60. The molecule has 142 valence electrons. The fraction of sp³-hybridized carbons (Fsp3) is 0.550. The van der Waals surface area contributed by atoms with Crippen molar-refractivity contribution in [1.82, 2.24) is 10.9 Å². The van der Waals surface area contributed by atoms with E-state index in [-0.39, 0.29) is 17.4 Å². The minimum atomic E-state index is -0.451. The number of alkyl halides is 1. The molecule has 2 amide bonds. The molecule has 7 heteroatoms. The molecular formula is C20H22ClN3O3. The van der Waals surface area contributed by atoms with Gasteiger partial charge < -0.3 is 4.74 Å². The van der Waals surface area contributed by atoms with Crippen molar-refractivity contribution in [3.63, 3.8) is 0 Å². The second kappa shape index (κ2) is 6.72. The summed E-state index contributed by atoms with van der Waals surface area (Å²) in [5.74, 6) is 0.960. The molecule has 27 heavy (non-hydrogen) atoms. The predicted molar refractivity (Wildman–Crippen MR) is 98.6 cm³/mol. The quantitative estimate of drug-likeness (QED) is 0.613. The molecule has 6 nitrogen and oxygen atoms in total. The largest absolute Gasteiger partial charge is 0.484 e. The van der Waals surface area contributed by atoms with E-state index in [1.54, 1.807) is 24.3 Å². The molecule has 1 aromatic rings. The molecule has 4 aliphatic carbocycles. The first kappa shape index (κ1) is 18.1. The second-order valence-electron chi connectivity index (χ2n) is 8.32. The summed E-state index contributed by atoms with van der Waals surface area (Å²) < 4.78 is 5.37. The summed E-state index contributed by atoms with van der Waals surface area (Å²) in [5.41, 5.74) is 5.11. The Kier molecular flexibility index (Phi) is 4.51. The SMILES string of the molecule is N#Cc1ccc(OCC(=O)NNC(=O)C23CC4CC(CC(Cl)(C4)C2)C3)cc1. The lowest BCUT2D eigenvalue weighted by atomic mass is 9.49. The Labute approximate surface area is 163 Å². The Balaban J connectivity index is 1.29. The molecule has 2 atom stereocenters. The molecule has 0 aromatic heterocycles. The predicted octanol–water partition coefficient (Wildman–Crippen LogP) is 2.66. The van der Waals surface area contributed by atoms with E-state index < -0.39 is 11.3 Å². The molecular weight excluding hydrogens is 366 g/mol. The van der Waals surface area contributed by atoms with Gasteiger partial charge in [-0.25, -0.2) is 0 Å². The van der Waals surface area contributed by atoms with Gasteiger partial charge in [0.25, 0.3) is 5.91 Å². The number of hydrogen-bond donors (Lipinski definition) is 2. The number of amides is 2. The summed E-state index contributed by atoms with van der Waals surface area (Å²) in [6.45, 7) is -0.218. The zero-order valence-corrected chi connectivity index (χ0v) is 15.7. The number of benzene rings is 1. The highest BCUT2D eigenvalue weighted by atomic mass is 35.5. The molecule has 4 fully saturated rings. The first-order chi connectivity index (χ1) is 12.9. The van der Waals surface area contributed by atoms with E-state index in [4.69, 9.17) is 21.6 Å². The molecule has 4 aliphatic rings. The van der Waals surface area contributed by atoms with Gasteiger partial charge in [-0.1, -0.05) is 0 Å². The van der Waals surface area contributed by atoms with Crippen molar-refractivity contribution in [3.8, 4) is 11.8 Å². The van der Waals surface area contributed by atoms with Crippen LogP contribution >= 0.6 is 11.6 Å². The fourth-order valence-corrected chi connectivity index (χ4v) is 6.18. The third-order valence-corrected chi connectivity index (χ3v) is 6.58. The summed E-state index contributed by atoms with van der Waals surface area (Å²) in [7, 11) is 0. The van der Waals surface area contributed by atoms with Gasteiger partial charge in [-0.3, -0.25) is 20.4 Å². The van der Waals surface area contributed by atoms with Gasteiger partial charge in [-0.05, 0) is 74.6 Å². The van der Waals surface area contributed by atoms with Crippen LogP contribution in [-0.4, -0.2) is 23.3 Å². The van der Waals surface area contributed by atoms with Crippen LogP contribution in [0.3, 0.4) is 0 Å². The smallest absolute Gasteiger partial charge is 0.276 e. The fourth-order valence-electron chi connectivity index (χ4n) is 5.49. The van der Waals surface area contributed by atoms with Crippen molar-refractivity contribution >= 4 is 23.4 Å². The summed E-state index contributed by atoms with van der Waals surface area (Å²) >= 11 is 6.76. The van der Waals surface area contributed by atoms with E-state index in [2.05, 4.69) is 10.9 Å². The van der Waals surface area contributed by atoms with Crippen LogP contribution in [0.5, 0.6) is 5.75 Å². The standard InChI is InChI=1S/C20H22ClN3O3/c21-20-8-14-5-15(9-20)7-19(6-14,12-20)18(26)24-23-17(25)11-27-16-3-1-13(10-22)2-4-16/h1-4,14-15H,5-9,11-12H2,(H,23,25)(H,24,26). The van der Waals surface area contributed by atoms with E-state index in [0.29, 0.717) is 29.6 Å². The van der Waals surface area contributed by atoms with Crippen molar-refractivity contribution in [3.05, 3.63) is 29.8 Å². The third-order valence-electron chi connectivity index (χ3n) is 6.14. The van der Waals surface area contributed by atoms with Crippen LogP contribution < -0.4 is 15.6 Å². The number of nitrogens with one attached hydrogen (secondary N) is 2. The molecule has 0 aliphatic heterocycles. The van der Waals surface area contributed by atoms with Gasteiger partial charge >= 0.3 is 0 Å². The molecule has 0 heterocycles. The molecule has 0 spiro atoms. The number of rotatable bonds is 4. The Bertz CT molecular complexity index is 788. The van der Waals surface area contributed by atoms with Crippen molar-refractivity contribution in [1.29, 1.82) is 5.26 Å². The van der Waals surface area contributed by atoms with Crippen LogP contribution in [0.4, 0.5) is 0 Å². The average molecular weight is 388 g/mol. The van der Waals surface area contributed by atoms with Crippen molar-refractivity contribution in [2.24, 2.45) is 17.3 Å². The van der Waals surface area contributed by atoms with Crippen molar-refractivity contribution in [2.45, 2.75) is 43.4 Å². The summed E-state index contributed by atoms with van der Waals surface area (Å²) in [6.07, 6.45) is 5.60. The molecule has 0 saturated heterocycles. The highest BCUT2D eigenvalue weighted by molar-refractivity contribution is 6.24. The molecule has 4 saturated carbocycles. The zero-order valence-electron chi connectivity index (χ0n) is 15.0. The minimum absolute atomic E-state index is 0.131. The number of hydrazine groups is 1. The number of nitriles is 1. The van der Waals surface area contributed by atoms with E-state index in [1.165, 1.54) is 6.42 Å². The molecule has 1 aromatic carbocycles. The zero-order chi connectivity index (χ0) is 19.1. The van der Waals surface area contributed by atoms with E-state index in [9.17, 15) is 9.59 Å². The third kappa shape index (κ3) is 3.61. The number of carbonyl (C=O) groups excluding carboxylic acids is 2. The summed E-state index contributed by atoms with van der Waals surface area (Å²) in [4.78, 5) is 24.6. The van der Waals surface area contributed by atoms with Gasteiger partial charge in [0.15, 0.2) is 6.61 Å². The van der Waals surface area contributed by atoms with E-state index >= 15 is 0 Å². The van der Waals surface area contributed by atoms with Gasteiger partial charge in [0.2, 0.25) is 5.91 Å². The first-order valence-corrected chi connectivity index (χ1v) is 9.69. The number of halogens is 1. The Morgan fingerprint density at radius 2 is 1.81 bits per heavy atom. The van der Waals surface area contributed by atoms with E-state index in [1.807, 2.05) is 6.07 Å². The van der Waals surface area contributed by atoms with Gasteiger partial charge in [0.1, 0.15) is 5.75 Å². The summed E-state index contributed by atoms with van der Waals surface area (Å²) in [5, 5.41) is 8.77. The maximum Gasteiger partial charge on any atom is 0.276 e. The number of hydrogen-bond acceptors (Lipinski definition) is 4. The lowest BCUT2D eigenvalue weighted by molar-refractivity contribution is -0.147. The number of ether oxygens (including phenoxy) is 1. The monoisotopic (exact) mass is 387 g/mol. The van der Waals surface area contributed by atoms with Crippen LogP contribution in [0, 0.1) is 28.6 Å². The van der Waals surface area contributed by atoms with Crippen molar-refractivity contribution < 1.29 is 14.3 Å². The van der Waals surface area contributed by atoms with Crippen LogP contribution in [-0.2, 0) is 9.59 Å². The Morgan fingerprint density at radius 3 is 2.41 bits per heavy atom. The van der Waals surface area contributed by atoms with Gasteiger partial charge in [-0.15, -0.1) is 11.6 Å². The van der Waals surface area contributed by atoms with Crippen LogP contribution in [0.25, 0.3) is 0 Å². The second-order valence-corrected chi connectivity index (χ2v) is 9.12. The Morgan fingerprint density at radius 1 is 1.15 bits per heavy atom. The normalized spacial score (nSPS) is 33.2. The number of nitrogens with zero attached hydrogens (tertiary/aromatic N) is 1. The topological polar surface area (TPSA) is 91.2 Å². The van der Waals surface area contributed by atoms with Gasteiger partial charge in [0.05, 0.1) is 17.0 Å². The molecule has 0 radical (unpaired) electrons. The molecule has 4 bridgehead atoms. The molecule has 2 N–H and O–H groups in total. The van der Waals surface area contributed by atoms with E-state index in [0.717, 1.165) is 25.7 Å². The van der Waals surface area contributed by atoms with Crippen molar-refractivity contribution in [2.75, 3.05) is 6.61 Å². The maximum atomic E-state index is 12.8. The highest BCUT2D eigenvalue weighted by Crippen LogP contribution is 2.63. The van der Waals surface area contributed by atoms with Gasteiger partial charge in [0, 0.05) is 4.87 Å². The summed E-state index contributed by atoms with van der Waals surface area (Å²) in [6, 6.07) is 8.50. The Hall–Kier alpha value is -2.26. The van der Waals surface area contributed by atoms with Crippen LogP contribution in [0.2, 0.25) is 0 Å². The van der Waals surface area contributed by atoms with Crippen LogP contribution in [0.1, 0.15) is 44.1 Å². The first-order valence-electron chi connectivity index (χ1n) is 9.31. The highest BCUT2D eigenvalue weighted by Gasteiger charge is 2.60. The number of carbonyl (C=O) groups is 2. The maximum absolute atomic E-state index is 12.8. The minimum Gasteiger partial charge on any atom is -0.484 e.